The molecule has 1 atom stereocenters. The van der Waals surface area contributed by atoms with Crippen LogP contribution in [0.4, 0.5) is 5.69 Å². The maximum Gasteiger partial charge on any atom is 0.269 e. The van der Waals surface area contributed by atoms with Gasteiger partial charge in [0.05, 0.1) is 4.92 Å². The summed E-state index contributed by atoms with van der Waals surface area (Å²) < 4.78 is 0. The molecule has 6 heteroatoms. The third-order valence-corrected chi connectivity index (χ3v) is 4.06. The molecule has 0 saturated carbocycles. The van der Waals surface area contributed by atoms with Gasteiger partial charge in [-0.1, -0.05) is 26.8 Å². The fourth-order valence-corrected chi connectivity index (χ4v) is 2.87. The summed E-state index contributed by atoms with van der Waals surface area (Å²) in [6.07, 6.45) is 0.932. The van der Waals surface area contributed by atoms with Crippen molar-refractivity contribution in [3.05, 3.63) is 39.4 Å². The molecule has 1 aliphatic carbocycles. The van der Waals surface area contributed by atoms with Crippen LogP contribution < -0.4 is 5.32 Å². The van der Waals surface area contributed by atoms with E-state index in [9.17, 15) is 14.9 Å². The smallest absolute Gasteiger partial charge is 0.269 e. The van der Waals surface area contributed by atoms with Crippen LogP contribution in [0.5, 0.6) is 0 Å². The predicted molar refractivity (Wildman–Crippen MR) is 78.3 cm³/mol. The van der Waals surface area contributed by atoms with Gasteiger partial charge < -0.3 is 5.32 Å². The van der Waals surface area contributed by atoms with Gasteiger partial charge in [-0.2, -0.15) is 0 Å². The lowest BCUT2D eigenvalue weighted by Crippen LogP contribution is -2.41. The van der Waals surface area contributed by atoms with E-state index in [1.165, 1.54) is 6.07 Å². The van der Waals surface area contributed by atoms with Crippen molar-refractivity contribution in [2.45, 2.75) is 39.2 Å². The topological polar surface area (TPSA) is 84.6 Å². The van der Waals surface area contributed by atoms with Gasteiger partial charge in [0.25, 0.3) is 11.6 Å². The van der Waals surface area contributed by atoms with Crippen molar-refractivity contribution >= 4 is 17.4 Å². The Balaban J connectivity index is 1.98. The molecule has 0 saturated heterocycles. The van der Waals surface area contributed by atoms with E-state index in [-0.39, 0.29) is 17.0 Å². The number of fused-ring (bicyclic) bond motifs is 1. The lowest BCUT2D eigenvalue weighted by Gasteiger charge is -2.17. The van der Waals surface area contributed by atoms with Crippen molar-refractivity contribution in [3.63, 3.8) is 0 Å². The Labute approximate surface area is 122 Å². The maximum absolute atomic E-state index is 12.4. The molecule has 1 aromatic rings. The van der Waals surface area contributed by atoms with Crippen LogP contribution in [0, 0.1) is 15.5 Å². The van der Waals surface area contributed by atoms with Gasteiger partial charge in [-0.3, -0.25) is 19.9 Å². The summed E-state index contributed by atoms with van der Waals surface area (Å²) in [5.41, 5.74) is 0.831. The first kappa shape index (κ1) is 13.7. The first-order valence-corrected chi connectivity index (χ1v) is 6.89. The van der Waals surface area contributed by atoms with E-state index >= 15 is 0 Å². The van der Waals surface area contributed by atoms with Crippen LogP contribution >= 0.6 is 0 Å². The van der Waals surface area contributed by atoms with Crippen molar-refractivity contribution < 1.29 is 9.72 Å². The Morgan fingerprint density at radius 3 is 2.52 bits per heavy atom. The van der Waals surface area contributed by atoms with Crippen molar-refractivity contribution in [2.75, 3.05) is 0 Å². The van der Waals surface area contributed by atoms with Gasteiger partial charge in [0, 0.05) is 30.4 Å². The Morgan fingerprint density at radius 1 is 1.29 bits per heavy atom. The Hall–Kier alpha value is -2.24. The highest BCUT2D eigenvalue weighted by molar-refractivity contribution is 6.10. The number of hydrogen-bond acceptors (Lipinski definition) is 4. The number of non-ortho nitro benzene ring substituents is 1. The van der Waals surface area contributed by atoms with Crippen LogP contribution in [0.1, 0.15) is 31.9 Å². The van der Waals surface area contributed by atoms with Crippen molar-refractivity contribution in [1.82, 2.24) is 5.32 Å². The fraction of sp³-hybridized carbons (Fsp3) is 0.467. The number of nitro groups is 1. The third kappa shape index (κ3) is 2.11. The molecule has 1 aliphatic heterocycles. The minimum atomic E-state index is -0.819. The largest absolute Gasteiger partial charge is 0.312 e. The molecule has 1 aromatic carbocycles. The SMILES string of the molecule is CC(C)(C)C1=NC2(Cc3ccc([N+](=O)[O-])cc3C2)C(=O)N1. The van der Waals surface area contributed by atoms with Crippen molar-refractivity contribution in [1.29, 1.82) is 0 Å². The highest BCUT2D eigenvalue weighted by Crippen LogP contribution is 2.38. The Morgan fingerprint density at radius 2 is 1.95 bits per heavy atom. The molecule has 0 radical (unpaired) electrons. The molecular formula is C15H17N3O3. The summed E-state index contributed by atoms with van der Waals surface area (Å²) in [6.45, 7) is 5.99. The number of carbonyl (C=O) groups is 1. The van der Waals surface area contributed by atoms with E-state index < -0.39 is 10.5 Å². The average molecular weight is 287 g/mol. The van der Waals surface area contributed by atoms with Crippen LogP contribution in [0.2, 0.25) is 0 Å². The number of nitrogens with one attached hydrogen (secondary N) is 1. The fourth-order valence-electron chi connectivity index (χ4n) is 2.87. The molecule has 2 aliphatic rings. The molecule has 3 rings (SSSR count). The lowest BCUT2D eigenvalue weighted by molar-refractivity contribution is -0.384. The highest BCUT2D eigenvalue weighted by atomic mass is 16.6. The molecular weight excluding hydrogens is 270 g/mol. The number of hydrogen-bond donors (Lipinski definition) is 1. The predicted octanol–water partition coefficient (Wildman–Crippen LogP) is 2.01. The van der Waals surface area contributed by atoms with Gasteiger partial charge >= 0.3 is 0 Å². The maximum atomic E-state index is 12.4. The van der Waals surface area contributed by atoms with Crippen LogP contribution in [-0.2, 0) is 17.6 Å². The average Bonchev–Trinajstić information content (AvgIpc) is 2.89. The second kappa shape index (κ2) is 4.13. The first-order chi connectivity index (χ1) is 9.71. The number of rotatable bonds is 1. The Kier molecular flexibility index (Phi) is 2.70. The van der Waals surface area contributed by atoms with E-state index in [1.54, 1.807) is 12.1 Å². The van der Waals surface area contributed by atoms with Gasteiger partial charge in [-0.05, 0) is 11.1 Å². The standard InChI is InChI=1S/C15H17N3O3/c1-14(2,3)12-16-13(19)15(17-12)7-9-4-5-11(18(20)21)6-10(9)8-15/h4-6H,7-8H2,1-3H3,(H,16,17,19). The van der Waals surface area contributed by atoms with E-state index in [2.05, 4.69) is 10.3 Å². The van der Waals surface area contributed by atoms with Crippen LogP contribution in [0.15, 0.2) is 23.2 Å². The molecule has 1 N–H and O–H groups in total. The number of amidine groups is 1. The molecule has 1 unspecified atom stereocenters. The summed E-state index contributed by atoms with van der Waals surface area (Å²) in [5.74, 6) is 0.584. The molecule has 0 bridgehead atoms. The Bertz CT molecular complexity index is 688. The van der Waals surface area contributed by atoms with E-state index in [0.717, 1.165) is 11.1 Å². The van der Waals surface area contributed by atoms with Gasteiger partial charge in [-0.15, -0.1) is 0 Å². The van der Waals surface area contributed by atoms with E-state index in [0.29, 0.717) is 18.7 Å². The molecule has 0 aromatic heterocycles. The first-order valence-electron chi connectivity index (χ1n) is 6.89. The summed E-state index contributed by atoms with van der Waals surface area (Å²) >= 11 is 0. The number of nitro benzene ring substituents is 1. The summed E-state index contributed by atoms with van der Waals surface area (Å²) in [6, 6.07) is 4.78. The summed E-state index contributed by atoms with van der Waals surface area (Å²) in [4.78, 5) is 27.5. The van der Waals surface area contributed by atoms with E-state index in [1.807, 2.05) is 20.8 Å². The van der Waals surface area contributed by atoms with Crippen LogP contribution in [0.3, 0.4) is 0 Å². The number of carbonyl (C=O) groups excluding carboxylic acids is 1. The summed E-state index contributed by atoms with van der Waals surface area (Å²) in [5, 5.41) is 13.7. The number of benzene rings is 1. The number of aliphatic imine (C=N–C) groups is 1. The zero-order chi connectivity index (χ0) is 15.4. The van der Waals surface area contributed by atoms with Crippen molar-refractivity contribution in [3.8, 4) is 0 Å². The minimum Gasteiger partial charge on any atom is -0.312 e. The summed E-state index contributed by atoms with van der Waals surface area (Å²) in [7, 11) is 0. The van der Waals surface area contributed by atoms with Crippen molar-refractivity contribution in [2.24, 2.45) is 10.4 Å². The minimum absolute atomic E-state index is 0.0595. The van der Waals surface area contributed by atoms with Gasteiger partial charge in [0.2, 0.25) is 0 Å². The molecule has 1 amide bonds. The van der Waals surface area contributed by atoms with Crippen LogP contribution in [0.25, 0.3) is 0 Å². The number of nitrogens with zero attached hydrogens (tertiary/aromatic N) is 2. The molecule has 6 nitrogen and oxygen atoms in total. The lowest BCUT2D eigenvalue weighted by atomic mass is 9.95. The zero-order valence-electron chi connectivity index (χ0n) is 12.3. The quantitative estimate of drug-likeness (QED) is 0.633. The van der Waals surface area contributed by atoms with Gasteiger partial charge in [0.15, 0.2) is 0 Å². The zero-order valence-corrected chi connectivity index (χ0v) is 12.3. The van der Waals surface area contributed by atoms with Gasteiger partial charge in [-0.25, -0.2) is 0 Å². The monoisotopic (exact) mass is 287 g/mol. The van der Waals surface area contributed by atoms with Crippen LogP contribution in [-0.4, -0.2) is 22.2 Å². The van der Waals surface area contributed by atoms with Gasteiger partial charge in [0.1, 0.15) is 11.4 Å². The van der Waals surface area contributed by atoms with E-state index in [4.69, 9.17) is 0 Å². The normalized spacial score (nSPS) is 24.0. The second-order valence-electron chi connectivity index (χ2n) is 6.76. The molecule has 110 valence electrons. The molecule has 1 spiro atoms. The molecule has 0 fully saturated rings. The number of amides is 1. The molecule has 1 heterocycles. The molecule has 21 heavy (non-hydrogen) atoms. The third-order valence-electron chi connectivity index (χ3n) is 4.06. The second-order valence-corrected chi connectivity index (χ2v) is 6.76. The highest BCUT2D eigenvalue weighted by Gasteiger charge is 2.49.